The van der Waals surface area contributed by atoms with Crippen molar-refractivity contribution in [1.82, 2.24) is 15.6 Å². The maximum atomic E-state index is 12.4. The summed E-state index contributed by atoms with van der Waals surface area (Å²) in [5.41, 5.74) is 0.729. The minimum absolute atomic E-state index is 0.0323. The van der Waals surface area contributed by atoms with E-state index in [9.17, 15) is 13.2 Å². The smallest absolute Gasteiger partial charge is 0.422 e. The summed E-state index contributed by atoms with van der Waals surface area (Å²) >= 11 is 0. The predicted molar refractivity (Wildman–Crippen MR) is 101 cm³/mol. The van der Waals surface area contributed by atoms with E-state index < -0.39 is 12.8 Å². The largest absolute Gasteiger partial charge is 0.468 e. The van der Waals surface area contributed by atoms with Gasteiger partial charge in [0, 0.05) is 45.6 Å². The van der Waals surface area contributed by atoms with Crippen molar-refractivity contribution in [2.24, 2.45) is 10.4 Å². The average molecular weight is 402 g/mol. The molecule has 1 aromatic heterocycles. The quantitative estimate of drug-likeness (QED) is 0.490. The summed E-state index contributed by atoms with van der Waals surface area (Å²) in [4.78, 5) is 8.12. The standard InChI is InChI=1S/C19H29F3N4O2/c1-23-17(26-13-18(9-11-27-2)7-3-4-8-18)25-12-15-6-5-10-24-16(15)28-14-19(20,21)22/h5-6,10H,3-4,7-9,11-14H2,1-2H3,(H2,23,25,26). The van der Waals surface area contributed by atoms with Crippen molar-refractivity contribution >= 4 is 5.96 Å². The van der Waals surface area contributed by atoms with Crippen LogP contribution in [0.1, 0.15) is 37.7 Å². The van der Waals surface area contributed by atoms with E-state index >= 15 is 0 Å². The van der Waals surface area contributed by atoms with E-state index in [4.69, 9.17) is 9.47 Å². The fraction of sp³-hybridized carbons (Fsp3) is 0.684. The van der Waals surface area contributed by atoms with E-state index in [1.165, 1.54) is 19.0 Å². The highest BCUT2D eigenvalue weighted by Gasteiger charge is 2.33. The maximum Gasteiger partial charge on any atom is 0.422 e. The zero-order valence-electron chi connectivity index (χ0n) is 16.4. The second kappa shape index (κ2) is 10.5. The molecule has 6 nitrogen and oxygen atoms in total. The van der Waals surface area contributed by atoms with Gasteiger partial charge in [-0.2, -0.15) is 13.2 Å². The Morgan fingerprint density at radius 3 is 2.68 bits per heavy atom. The van der Waals surface area contributed by atoms with E-state index in [1.54, 1.807) is 26.3 Å². The second-order valence-corrected chi connectivity index (χ2v) is 7.10. The van der Waals surface area contributed by atoms with Gasteiger partial charge in [-0.3, -0.25) is 4.99 Å². The number of guanidine groups is 1. The van der Waals surface area contributed by atoms with Crippen molar-refractivity contribution < 1.29 is 22.6 Å². The minimum Gasteiger partial charge on any atom is -0.468 e. The van der Waals surface area contributed by atoms with Crippen molar-refractivity contribution in [3.8, 4) is 5.88 Å². The van der Waals surface area contributed by atoms with Gasteiger partial charge in [-0.1, -0.05) is 18.9 Å². The molecule has 0 aliphatic heterocycles. The van der Waals surface area contributed by atoms with Crippen LogP contribution in [0, 0.1) is 5.41 Å². The number of halogens is 3. The second-order valence-electron chi connectivity index (χ2n) is 7.10. The summed E-state index contributed by atoms with van der Waals surface area (Å²) in [6.07, 6.45) is 2.72. The molecule has 0 saturated heterocycles. The zero-order valence-corrected chi connectivity index (χ0v) is 16.4. The zero-order chi connectivity index (χ0) is 20.5. The molecular weight excluding hydrogens is 373 g/mol. The van der Waals surface area contributed by atoms with Gasteiger partial charge in [0.05, 0.1) is 0 Å². The Labute approximate surface area is 163 Å². The first-order valence-corrected chi connectivity index (χ1v) is 9.44. The van der Waals surface area contributed by atoms with Gasteiger partial charge in [0.1, 0.15) is 0 Å². The van der Waals surface area contributed by atoms with Crippen LogP contribution in [0.15, 0.2) is 23.3 Å². The van der Waals surface area contributed by atoms with Crippen LogP contribution >= 0.6 is 0 Å². The maximum absolute atomic E-state index is 12.4. The Morgan fingerprint density at radius 1 is 1.29 bits per heavy atom. The van der Waals surface area contributed by atoms with Crippen molar-refractivity contribution in [3.63, 3.8) is 0 Å². The van der Waals surface area contributed by atoms with Crippen LogP contribution < -0.4 is 15.4 Å². The highest BCUT2D eigenvalue weighted by atomic mass is 19.4. The van der Waals surface area contributed by atoms with E-state index in [0.717, 1.165) is 32.4 Å². The Hall–Kier alpha value is -2.03. The molecule has 0 bridgehead atoms. The number of pyridine rings is 1. The molecule has 0 unspecified atom stereocenters. The molecule has 1 aromatic rings. The summed E-state index contributed by atoms with van der Waals surface area (Å²) in [7, 11) is 3.37. The molecule has 0 spiro atoms. The minimum atomic E-state index is -4.41. The van der Waals surface area contributed by atoms with E-state index in [-0.39, 0.29) is 17.8 Å². The number of nitrogens with one attached hydrogen (secondary N) is 2. The van der Waals surface area contributed by atoms with Gasteiger partial charge < -0.3 is 20.1 Å². The van der Waals surface area contributed by atoms with Gasteiger partial charge in [-0.15, -0.1) is 0 Å². The summed E-state index contributed by atoms with van der Waals surface area (Å²) in [5.74, 6) is 0.560. The molecule has 0 aromatic carbocycles. The Bertz CT molecular complexity index is 632. The van der Waals surface area contributed by atoms with Crippen molar-refractivity contribution in [3.05, 3.63) is 23.9 Å². The monoisotopic (exact) mass is 402 g/mol. The van der Waals surface area contributed by atoms with Crippen LogP contribution in [0.25, 0.3) is 0 Å². The highest BCUT2D eigenvalue weighted by Crippen LogP contribution is 2.40. The third-order valence-corrected chi connectivity index (χ3v) is 5.02. The molecule has 1 saturated carbocycles. The number of methoxy groups -OCH3 is 1. The lowest BCUT2D eigenvalue weighted by Crippen LogP contribution is -2.43. The number of ether oxygens (including phenoxy) is 2. The lowest BCUT2D eigenvalue weighted by molar-refractivity contribution is -0.154. The molecule has 0 amide bonds. The highest BCUT2D eigenvalue weighted by molar-refractivity contribution is 5.79. The van der Waals surface area contributed by atoms with Crippen molar-refractivity contribution in [2.75, 3.05) is 33.9 Å². The van der Waals surface area contributed by atoms with E-state index in [0.29, 0.717) is 11.5 Å². The molecular formula is C19H29F3N4O2. The van der Waals surface area contributed by atoms with Gasteiger partial charge >= 0.3 is 6.18 Å². The van der Waals surface area contributed by atoms with Gasteiger partial charge in [0.25, 0.3) is 0 Å². The number of rotatable bonds is 9. The van der Waals surface area contributed by atoms with Crippen LogP contribution in [0.4, 0.5) is 13.2 Å². The van der Waals surface area contributed by atoms with Gasteiger partial charge in [0.15, 0.2) is 12.6 Å². The van der Waals surface area contributed by atoms with Crippen LogP contribution in [-0.4, -0.2) is 51.0 Å². The lowest BCUT2D eigenvalue weighted by atomic mass is 9.83. The first kappa shape index (κ1) is 22.3. The molecule has 1 fully saturated rings. The van der Waals surface area contributed by atoms with E-state index in [1.807, 2.05) is 0 Å². The summed E-state index contributed by atoms with van der Waals surface area (Å²) < 4.78 is 47.3. The molecule has 9 heteroatoms. The molecule has 1 heterocycles. The normalized spacial score (nSPS) is 16.8. The Balaban J connectivity index is 1.90. The van der Waals surface area contributed by atoms with Gasteiger partial charge in [-0.05, 0) is 30.7 Å². The third kappa shape index (κ3) is 7.18. The molecule has 2 rings (SSSR count). The number of hydrogen-bond acceptors (Lipinski definition) is 4. The lowest BCUT2D eigenvalue weighted by Gasteiger charge is -2.30. The number of aromatic nitrogens is 1. The Morgan fingerprint density at radius 2 is 2.04 bits per heavy atom. The molecule has 0 atom stereocenters. The Kier molecular flexibility index (Phi) is 8.35. The van der Waals surface area contributed by atoms with Crippen molar-refractivity contribution in [2.45, 2.75) is 44.8 Å². The molecule has 1 aliphatic carbocycles. The summed E-state index contributed by atoms with van der Waals surface area (Å²) in [6.45, 7) is 0.390. The van der Waals surface area contributed by atoms with Crippen LogP contribution in [0.5, 0.6) is 5.88 Å². The molecule has 0 radical (unpaired) electrons. The molecule has 28 heavy (non-hydrogen) atoms. The summed E-state index contributed by atoms with van der Waals surface area (Å²) in [5, 5.41) is 6.48. The van der Waals surface area contributed by atoms with E-state index in [2.05, 4.69) is 20.6 Å². The fourth-order valence-corrected chi connectivity index (χ4v) is 3.47. The first-order chi connectivity index (χ1) is 13.4. The number of alkyl halides is 3. The predicted octanol–water partition coefficient (Wildman–Crippen LogP) is 3.28. The van der Waals surface area contributed by atoms with Crippen molar-refractivity contribution in [1.29, 1.82) is 0 Å². The van der Waals surface area contributed by atoms with Crippen LogP contribution in [-0.2, 0) is 11.3 Å². The number of hydrogen-bond donors (Lipinski definition) is 2. The van der Waals surface area contributed by atoms with Gasteiger partial charge in [-0.25, -0.2) is 4.98 Å². The number of aliphatic imine (C=N–C) groups is 1. The average Bonchev–Trinajstić information content (AvgIpc) is 3.14. The van der Waals surface area contributed by atoms with Gasteiger partial charge in [0.2, 0.25) is 5.88 Å². The topological polar surface area (TPSA) is 67.8 Å². The van der Waals surface area contributed by atoms with Crippen LogP contribution in [0.2, 0.25) is 0 Å². The molecule has 158 valence electrons. The molecule has 2 N–H and O–H groups in total. The third-order valence-electron chi connectivity index (χ3n) is 5.02. The summed E-state index contributed by atoms with van der Waals surface area (Å²) in [6, 6.07) is 3.34. The first-order valence-electron chi connectivity index (χ1n) is 9.44. The molecule has 1 aliphatic rings. The van der Waals surface area contributed by atoms with Crippen LogP contribution in [0.3, 0.4) is 0 Å². The SMILES string of the molecule is CN=C(NCc1cccnc1OCC(F)(F)F)NCC1(CCOC)CCCC1. The fourth-order valence-electron chi connectivity index (χ4n) is 3.47. The number of nitrogens with zero attached hydrogens (tertiary/aromatic N) is 2.